The number of unbranched alkanes of at least 4 members (excludes halogenated alkanes) is 1. The van der Waals surface area contributed by atoms with Gasteiger partial charge in [0, 0.05) is 83.3 Å². The molecule has 8 rings (SSSR count). The number of nitrogens with zero attached hydrogens (tertiary/aromatic N) is 6. The summed E-state index contributed by atoms with van der Waals surface area (Å²) in [5, 5.41) is 0.792. The summed E-state index contributed by atoms with van der Waals surface area (Å²) in [5.41, 5.74) is 4.88. The molecule has 4 aliphatic rings. The number of oxazole rings is 2. The summed E-state index contributed by atoms with van der Waals surface area (Å²) in [6, 6.07) is 16.1. The lowest BCUT2D eigenvalue weighted by atomic mass is 9.81. The van der Waals surface area contributed by atoms with Gasteiger partial charge in [0.15, 0.2) is 11.2 Å². The highest BCUT2D eigenvalue weighted by Gasteiger charge is 2.30. The van der Waals surface area contributed by atoms with E-state index in [1.807, 2.05) is 28.8 Å². The van der Waals surface area contributed by atoms with Crippen LogP contribution in [-0.4, -0.2) is 112 Å². The minimum absolute atomic E-state index is 0.209. The molecule has 0 amide bonds. The summed E-state index contributed by atoms with van der Waals surface area (Å²) in [6.07, 6.45) is 14.3. The number of para-hydroxylation sites is 2. The first-order chi connectivity index (χ1) is 24.7. The van der Waals surface area contributed by atoms with Gasteiger partial charge in [-0.05, 0) is 93.7 Å². The first-order valence-electron chi connectivity index (χ1n) is 19.7. The van der Waals surface area contributed by atoms with Crippen LogP contribution in [0.25, 0.3) is 22.2 Å². The molecule has 0 spiro atoms. The standard InChI is InChI=1S/C40H56N6O3S/c47-40-46(28-23-43-21-26-44(27-22-43)33-8-2-1-3-9-33)36-17-14-32(30-38(36)49-40)31-12-15-34(16-13-31)45-24-19-42(20-25-45)18-6-7-29-50-39-41-35-10-4-5-11-37(35)48-39/h4-5,10-11,14,17,30-31,33-34H,1-3,6-9,12-13,15-16,18-29H2. The fourth-order valence-corrected chi connectivity index (χ4v) is 10.1. The molecule has 2 saturated carbocycles. The van der Waals surface area contributed by atoms with Crippen LogP contribution >= 0.6 is 11.8 Å². The predicted octanol–water partition coefficient (Wildman–Crippen LogP) is 6.90. The van der Waals surface area contributed by atoms with Crippen LogP contribution in [0.1, 0.15) is 82.1 Å². The third-order valence-electron chi connectivity index (χ3n) is 12.3. The maximum Gasteiger partial charge on any atom is 0.419 e. The van der Waals surface area contributed by atoms with Crippen LogP contribution in [0.4, 0.5) is 0 Å². The fourth-order valence-electron chi connectivity index (χ4n) is 9.22. The van der Waals surface area contributed by atoms with Crippen molar-refractivity contribution >= 4 is 34.0 Å². The molecule has 0 N–H and O–H groups in total. The number of fused-ring (bicyclic) bond motifs is 2. The van der Waals surface area contributed by atoms with E-state index in [4.69, 9.17) is 8.83 Å². The fraction of sp³-hybridized carbons (Fsp3) is 0.650. The molecular formula is C40H56N6O3S. The van der Waals surface area contributed by atoms with Gasteiger partial charge < -0.3 is 13.7 Å². The van der Waals surface area contributed by atoms with Crippen molar-refractivity contribution in [1.82, 2.24) is 29.2 Å². The molecule has 2 saturated heterocycles. The molecule has 4 heterocycles. The molecule has 0 atom stereocenters. The van der Waals surface area contributed by atoms with Crippen LogP contribution in [0.2, 0.25) is 0 Å². The van der Waals surface area contributed by atoms with E-state index in [0.29, 0.717) is 18.5 Å². The zero-order chi connectivity index (χ0) is 33.7. The average Bonchev–Trinajstić information content (AvgIpc) is 3.73. The number of rotatable bonds is 12. The Balaban J connectivity index is 0.741. The lowest BCUT2D eigenvalue weighted by molar-refractivity contribution is 0.0755. The SMILES string of the molecule is O=c1oc2cc(C3CCC(N4CCN(CCCCSc5nc6ccccc6o5)CC4)CC3)ccc2n1CCN1CCN(C2CCCCC2)CC1. The zero-order valence-electron chi connectivity index (χ0n) is 29.9. The average molecular weight is 701 g/mol. The third-order valence-corrected chi connectivity index (χ3v) is 13.2. The third kappa shape index (κ3) is 8.20. The Morgan fingerprint density at radius 1 is 0.680 bits per heavy atom. The maximum absolute atomic E-state index is 12.9. The van der Waals surface area contributed by atoms with Gasteiger partial charge in [-0.2, -0.15) is 0 Å². The van der Waals surface area contributed by atoms with Crippen molar-refractivity contribution in [3.05, 3.63) is 58.6 Å². The number of thioether (sulfide) groups is 1. The lowest BCUT2D eigenvalue weighted by Gasteiger charge is -2.42. The van der Waals surface area contributed by atoms with E-state index in [1.54, 1.807) is 11.8 Å². The van der Waals surface area contributed by atoms with E-state index in [-0.39, 0.29) is 5.76 Å². The maximum atomic E-state index is 12.9. The topological polar surface area (TPSA) is 74.1 Å². The van der Waals surface area contributed by atoms with Gasteiger partial charge in [-0.25, -0.2) is 9.78 Å². The van der Waals surface area contributed by atoms with Crippen LogP contribution in [0.15, 0.2) is 61.3 Å². The van der Waals surface area contributed by atoms with Gasteiger partial charge in [0.25, 0.3) is 5.22 Å². The quantitative estimate of drug-likeness (QED) is 0.116. The second-order valence-electron chi connectivity index (χ2n) is 15.3. The van der Waals surface area contributed by atoms with Crippen LogP contribution in [0.3, 0.4) is 0 Å². The van der Waals surface area contributed by atoms with Gasteiger partial charge in [-0.3, -0.25) is 19.3 Å². The molecular weight excluding hydrogens is 645 g/mol. The van der Waals surface area contributed by atoms with Crippen LogP contribution < -0.4 is 5.76 Å². The van der Waals surface area contributed by atoms with E-state index < -0.39 is 0 Å². The molecule has 0 unspecified atom stereocenters. The molecule has 50 heavy (non-hydrogen) atoms. The lowest BCUT2D eigenvalue weighted by Crippen LogP contribution is -2.51. The molecule has 4 fully saturated rings. The number of hydrogen-bond acceptors (Lipinski definition) is 9. The summed E-state index contributed by atoms with van der Waals surface area (Å²) >= 11 is 1.74. The van der Waals surface area contributed by atoms with E-state index in [0.717, 1.165) is 71.9 Å². The molecule has 10 heteroatoms. The Morgan fingerprint density at radius 3 is 2.12 bits per heavy atom. The van der Waals surface area contributed by atoms with E-state index in [2.05, 4.69) is 42.8 Å². The highest BCUT2D eigenvalue weighted by atomic mass is 32.2. The highest BCUT2D eigenvalue weighted by Crippen LogP contribution is 2.36. The first kappa shape index (κ1) is 34.5. The number of benzene rings is 2. The number of aromatic nitrogens is 2. The Hall–Kier alpha value is -2.63. The zero-order valence-corrected chi connectivity index (χ0v) is 30.7. The van der Waals surface area contributed by atoms with Gasteiger partial charge >= 0.3 is 5.76 Å². The van der Waals surface area contributed by atoms with Crippen molar-refractivity contribution in [1.29, 1.82) is 0 Å². The minimum Gasteiger partial charge on any atom is -0.431 e. The molecule has 270 valence electrons. The van der Waals surface area contributed by atoms with E-state index in [1.165, 1.54) is 109 Å². The van der Waals surface area contributed by atoms with Crippen LogP contribution in [0, 0.1) is 0 Å². The Bertz CT molecular complexity index is 1690. The number of piperazine rings is 2. The molecule has 4 aromatic rings. The van der Waals surface area contributed by atoms with Crippen LogP contribution in [-0.2, 0) is 6.54 Å². The highest BCUT2D eigenvalue weighted by molar-refractivity contribution is 7.99. The first-order valence-corrected chi connectivity index (χ1v) is 20.7. The molecule has 2 aliphatic heterocycles. The van der Waals surface area contributed by atoms with Gasteiger partial charge in [0.2, 0.25) is 0 Å². The summed E-state index contributed by atoms with van der Waals surface area (Å²) in [5.74, 6) is 1.40. The Morgan fingerprint density at radius 2 is 1.38 bits per heavy atom. The van der Waals surface area contributed by atoms with Gasteiger partial charge in [-0.15, -0.1) is 0 Å². The molecule has 9 nitrogen and oxygen atoms in total. The van der Waals surface area contributed by atoms with Crippen LogP contribution in [0.5, 0.6) is 0 Å². The molecule has 2 aromatic heterocycles. The van der Waals surface area contributed by atoms with Crippen molar-refractivity contribution in [3.8, 4) is 0 Å². The smallest absolute Gasteiger partial charge is 0.419 e. The molecule has 0 radical (unpaired) electrons. The molecule has 2 aromatic carbocycles. The summed E-state index contributed by atoms with van der Waals surface area (Å²) in [7, 11) is 0. The van der Waals surface area contributed by atoms with Crippen molar-refractivity contribution in [2.45, 2.75) is 100 Å². The Labute approximate surface area is 301 Å². The van der Waals surface area contributed by atoms with Crippen molar-refractivity contribution in [2.24, 2.45) is 0 Å². The minimum atomic E-state index is -0.209. The van der Waals surface area contributed by atoms with Gasteiger partial charge in [0.1, 0.15) is 5.52 Å². The predicted molar refractivity (Wildman–Crippen MR) is 202 cm³/mol. The Kier molecular flexibility index (Phi) is 11.3. The van der Waals surface area contributed by atoms with Crippen molar-refractivity contribution in [3.63, 3.8) is 0 Å². The molecule has 0 bridgehead atoms. The van der Waals surface area contributed by atoms with Gasteiger partial charge in [0.05, 0.1) is 5.52 Å². The van der Waals surface area contributed by atoms with Crippen molar-refractivity contribution in [2.75, 3.05) is 71.2 Å². The summed E-state index contributed by atoms with van der Waals surface area (Å²) in [6.45, 7) is 12.1. The van der Waals surface area contributed by atoms with E-state index >= 15 is 0 Å². The summed E-state index contributed by atoms with van der Waals surface area (Å²) < 4.78 is 13.5. The van der Waals surface area contributed by atoms with E-state index in [9.17, 15) is 4.79 Å². The monoisotopic (exact) mass is 700 g/mol. The summed E-state index contributed by atoms with van der Waals surface area (Å²) in [4.78, 5) is 28.2. The second kappa shape index (κ2) is 16.4. The number of hydrogen-bond donors (Lipinski definition) is 0. The normalized spacial score (nSPS) is 24.1. The van der Waals surface area contributed by atoms with Gasteiger partial charge in [-0.1, -0.05) is 49.2 Å². The second-order valence-corrected chi connectivity index (χ2v) is 16.3. The largest absolute Gasteiger partial charge is 0.431 e. The molecule has 2 aliphatic carbocycles. The van der Waals surface area contributed by atoms with Crippen molar-refractivity contribution < 1.29 is 8.83 Å².